The van der Waals surface area contributed by atoms with Gasteiger partial charge in [0.2, 0.25) is 0 Å². The third-order valence-electron chi connectivity index (χ3n) is 2.82. The molecule has 0 amide bonds. The summed E-state index contributed by atoms with van der Waals surface area (Å²) in [5.41, 5.74) is 6.49. The monoisotopic (exact) mass is 211 g/mol. The summed E-state index contributed by atoms with van der Waals surface area (Å²) in [6.45, 7) is 4.05. The Morgan fingerprint density at radius 3 is 2.67 bits per heavy atom. The third-order valence-corrected chi connectivity index (χ3v) is 2.82. The van der Waals surface area contributed by atoms with Gasteiger partial charge in [-0.3, -0.25) is 0 Å². The van der Waals surface area contributed by atoms with Gasteiger partial charge >= 0.3 is 0 Å². The number of ether oxygens (including phenoxy) is 1. The minimum atomic E-state index is -0.314. The van der Waals surface area contributed by atoms with Crippen molar-refractivity contribution in [3.05, 3.63) is 29.6 Å². The lowest BCUT2D eigenvalue weighted by Crippen LogP contribution is -2.20. The molecular formula is C12H18FNO. The molecule has 0 saturated heterocycles. The lowest BCUT2D eigenvalue weighted by molar-refractivity contribution is 0.377. The smallest absolute Gasteiger partial charge is 0.131 e. The zero-order chi connectivity index (χ0) is 11.4. The summed E-state index contributed by atoms with van der Waals surface area (Å²) in [7, 11) is 1.53. The van der Waals surface area contributed by atoms with E-state index >= 15 is 0 Å². The van der Waals surface area contributed by atoms with Crippen LogP contribution in [0.4, 0.5) is 4.39 Å². The van der Waals surface area contributed by atoms with Crippen LogP contribution in [0.3, 0.4) is 0 Å². The Morgan fingerprint density at radius 2 is 2.13 bits per heavy atom. The maximum absolute atomic E-state index is 13.6. The van der Waals surface area contributed by atoms with Crippen LogP contribution >= 0.6 is 0 Å². The average Bonchev–Trinajstić information content (AvgIpc) is 2.26. The molecule has 15 heavy (non-hydrogen) atoms. The molecule has 3 heteroatoms. The lowest BCUT2D eigenvalue weighted by Gasteiger charge is -2.21. The standard InChI is InChI=1S/C12H18FNO/c1-4-8(2)12(14)11-9(13)6-5-7-10(11)15-3/h5-8,12H,4,14H2,1-3H3/t8?,12-/m0/s1. The van der Waals surface area contributed by atoms with Crippen molar-refractivity contribution < 1.29 is 9.13 Å². The van der Waals surface area contributed by atoms with Crippen LogP contribution in [0.25, 0.3) is 0 Å². The minimum absolute atomic E-state index is 0.232. The van der Waals surface area contributed by atoms with E-state index in [9.17, 15) is 4.39 Å². The highest BCUT2D eigenvalue weighted by Crippen LogP contribution is 2.31. The summed E-state index contributed by atoms with van der Waals surface area (Å²) < 4.78 is 18.7. The molecule has 0 aliphatic rings. The molecular weight excluding hydrogens is 193 g/mol. The highest BCUT2D eigenvalue weighted by molar-refractivity contribution is 5.37. The van der Waals surface area contributed by atoms with Crippen LogP contribution in [-0.4, -0.2) is 7.11 Å². The van der Waals surface area contributed by atoms with Crippen LogP contribution in [-0.2, 0) is 0 Å². The predicted molar refractivity (Wildman–Crippen MR) is 59.3 cm³/mol. The zero-order valence-electron chi connectivity index (χ0n) is 9.46. The number of halogens is 1. The van der Waals surface area contributed by atoms with Crippen LogP contribution in [0, 0.1) is 11.7 Å². The Morgan fingerprint density at radius 1 is 1.47 bits per heavy atom. The number of methoxy groups -OCH3 is 1. The molecule has 2 nitrogen and oxygen atoms in total. The Kier molecular flexibility index (Phi) is 4.09. The van der Waals surface area contributed by atoms with E-state index in [1.165, 1.54) is 13.2 Å². The van der Waals surface area contributed by atoms with Gasteiger partial charge in [0.15, 0.2) is 0 Å². The van der Waals surface area contributed by atoms with E-state index in [-0.39, 0.29) is 17.8 Å². The Bertz CT molecular complexity index is 327. The molecule has 1 unspecified atom stereocenters. The van der Waals surface area contributed by atoms with Gasteiger partial charge in [0.1, 0.15) is 11.6 Å². The first-order chi connectivity index (χ1) is 7.11. The molecule has 0 bridgehead atoms. The van der Waals surface area contributed by atoms with Crippen LogP contribution in [0.15, 0.2) is 18.2 Å². The van der Waals surface area contributed by atoms with Crippen LogP contribution in [0.5, 0.6) is 5.75 Å². The van der Waals surface area contributed by atoms with Crippen LogP contribution in [0.2, 0.25) is 0 Å². The van der Waals surface area contributed by atoms with Crippen molar-refractivity contribution in [3.63, 3.8) is 0 Å². The molecule has 2 N–H and O–H groups in total. The zero-order valence-corrected chi connectivity index (χ0v) is 9.46. The molecule has 1 rings (SSSR count). The lowest BCUT2D eigenvalue weighted by atomic mass is 9.92. The summed E-state index contributed by atoms with van der Waals surface area (Å²) in [5, 5.41) is 0. The van der Waals surface area contributed by atoms with E-state index in [0.717, 1.165) is 6.42 Å². The van der Waals surface area contributed by atoms with E-state index in [0.29, 0.717) is 11.3 Å². The SMILES string of the molecule is CCC(C)[C@H](N)c1c(F)cccc1OC. The van der Waals surface area contributed by atoms with Gasteiger partial charge < -0.3 is 10.5 Å². The van der Waals surface area contributed by atoms with E-state index in [1.807, 2.05) is 13.8 Å². The van der Waals surface area contributed by atoms with Crippen LogP contribution < -0.4 is 10.5 Å². The number of hydrogen-bond donors (Lipinski definition) is 1. The second-order valence-electron chi connectivity index (χ2n) is 3.77. The number of hydrogen-bond acceptors (Lipinski definition) is 2. The van der Waals surface area contributed by atoms with Gasteiger partial charge in [0, 0.05) is 11.6 Å². The summed E-state index contributed by atoms with van der Waals surface area (Å²) in [6.07, 6.45) is 0.915. The average molecular weight is 211 g/mol. The van der Waals surface area contributed by atoms with Gasteiger partial charge in [0.25, 0.3) is 0 Å². The van der Waals surface area contributed by atoms with Gasteiger partial charge in [-0.15, -0.1) is 0 Å². The fourth-order valence-corrected chi connectivity index (χ4v) is 1.56. The van der Waals surface area contributed by atoms with Crippen molar-refractivity contribution in [3.8, 4) is 5.75 Å². The Balaban J connectivity index is 3.10. The van der Waals surface area contributed by atoms with Crippen molar-refractivity contribution >= 4 is 0 Å². The topological polar surface area (TPSA) is 35.2 Å². The quantitative estimate of drug-likeness (QED) is 0.831. The molecule has 1 aromatic rings. The van der Waals surface area contributed by atoms with Gasteiger partial charge in [-0.25, -0.2) is 4.39 Å². The highest BCUT2D eigenvalue weighted by atomic mass is 19.1. The molecule has 0 heterocycles. The second kappa shape index (κ2) is 5.12. The first-order valence-electron chi connectivity index (χ1n) is 5.19. The van der Waals surface area contributed by atoms with E-state index in [1.54, 1.807) is 12.1 Å². The fourth-order valence-electron chi connectivity index (χ4n) is 1.56. The summed E-state index contributed by atoms with van der Waals surface area (Å²) >= 11 is 0. The molecule has 0 spiro atoms. The number of benzene rings is 1. The molecule has 0 saturated carbocycles. The second-order valence-corrected chi connectivity index (χ2v) is 3.77. The molecule has 1 aromatic carbocycles. The van der Waals surface area contributed by atoms with E-state index in [2.05, 4.69) is 0 Å². The summed E-state index contributed by atoms with van der Waals surface area (Å²) in [4.78, 5) is 0. The fraction of sp³-hybridized carbons (Fsp3) is 0.500. The molecule has 84 valence electrons. The molecule has 0 radical (unpaired) electrons. The first-order valence-corrected chi connectivity index (χ1v) is 5.19. The van der Waals surface area contributed by atoms with Crippen molar-refractivity contribution in [2.24, 2.45) is 11.7 Å². The van der Waals surface area contributed by atoms with Gasteiger partial charge in [-0.05, 0) is 18.1 Å². The van der Waals surface area contributed by atoms with Crippen molar-refractivity contribution in [1.29, 1.82) is 0 Å². The Labute approximate surface area is 90.2 Å². The van der Waals surface area contributed by atoms with Gasteiger partial charge in [0.05, 0.1) is 7.11 Å². The molecule has 0 fully saturated rings. The molecule has 2 atom stereocenters. The van der Waals surface area contributed by atoms with E-state index < -0.39 is 0 Å². The maximum Gasteiger partial charge on any atom is 0.131 e. The molecule has 0 aliphatic heterocycles. The summed E-state index contributed by atoms with van der Waals surface area (Å²) in [5.74, 6) is 0.473. The molecule has 0 aromatic heterocycles. The minimum Gasteiger partial charge on any atom is -0.496 e. The van der Waals surface area contributed by atoms with Gasteiger partial charge in [-0.2, -0.15) is 0 Å². The van der Waals surface area contributed by atoms with Crippen molar-refractivity contribution in [2.75, 3.05) is 7.11 Å². The Hall–Kier alpha value is -1.09. The van der Waals surface area contributed by atoms with Crippen molar-refractivity contribution in [2.45, 2.75) is 26.3 Å². The normalized spacial score (nSPS) is 14.7. The highest BCUT2D eigenvalue weighted by Gasteiger charge is 2.20. The number of rotatable bonds is 4. The summed E-state index contributed by atoms with van der Waals surface area (Å²) in [6, 6.07) is 4.47. The van der Waals surface area contributed by atoms with E-state index in [4.69, 9.17) is 10.5 Å². The number of nitrogens with two attached hydrogens (primary N) is 1. The maximum atomic E-state index is 13.6. The first kappa shape index (κ1) is 12.0. The van der Waals surface area contributed by atoms with Crippen LogP contribution in [0.1, 0.15) is 31.9 Å². The predicted octanol–water partition coefficient (Wildman–Crippen LogP) is 2.88. The largest absolute Gasteiger partial charge is 0.496 e. The molecule has 0 aliphatic carbocycles. The van der Waals surface area contributed by atoms with Gasteiger partial charge in [-0.1, -0.05) is 26.3 Å². The van der Waals surface area contributed by atoms with Crippen molar-refractivity contribution in [1.82, 2.24) is 0 Å². The third kappa shape index (κ3) is 2.48.